The van der Waals surface area contributed by atoms with Crippen molar-refractivity contribution in [3.63, 3.8) is 0 Å². The number of methoxy groups -OCH3 is 1. The Labute approximate surface area is 107 Å². The molecule has 1 N–H and O–H groups in total. The first-order valence-electron chi connectivity index (χ1n) is 6.00. The summed E-state index contributed by atoms with van der Waals surface area (Å²) < 4.78 is 5.31. The van der Waals surface area contributed by atoms with Gasteiger partial charge in [0, 0.05) is 23.9 Å². The van der Waals surface area contributed by atoms with Gasteiger partial charge < -0.3 is 10.1 Å². The number of nitrogens with one attached hydrogen (secondary N) is 1. The van der Waals surface area contributed by atoms with E-state index in [1.807, 2.05) is 30.3 Å². The predicted octanol–water partition coefficient (Wildman–Crippen LogP) is 2.66. The van der Waals surface area contributed by atoms with Crippen LogP contribution in [0.2, 0.25) is 0 Å². The van der Waals surface area contributed by atoms with Crippen LogP contribution in [0, 0.1) is 0 Å². The molecule has 0 aliphatic carbocycles. The second-order valence-electron chi connectivity index (χ2n) is 3.91. The summed E-state index contributed by atoms with van der Waals surface area (Å²) in [5.41, 5.74) is 2.14. The fourth-order valence-corrected chi connectivity index (χ4v) is 1.72. The quantitative estimate of drug-likeness (QED) is 0.877. The largest absolute Gasteiger partial charge is 0.496 e. The Bertz CT molecular complexity index is 514. The van der Waals surface area contributed by atoms with E-state index in [0.717, 1.165) is 29.2 Å². The highest BCUT2D eigenvalue weighted by Crippen LogP contribution is 2.18. The van der Waals surface area contributed by atoms with Crippen molar-refractivity contribution in [2.24, 2.45) is 0 Å². The highest BCUT2D eigenvalue weighted by molar-refractivity contribution is 5.40. The number of aromatic nitrogens is 2. The molecule has 1 aromatic heterocycles. The van der Waals surface area contributed by atoms with Crippen LogP contribution in [0.3, 0.4) is 0 Å². The van der Waals surface area contributed by atoms with Gasteiger partial charge in [0.1, 0.15) is 17.9 Å². The topological polar surface area (TPSA) is 47.0 Å². The van der Waals surface area contributed by atoms with Gasteiger partial charge in [0.15, 0.2) is 0 Å². The van der Waals surface area contributed by atoms with E-state index in [1.165, 1.54) is 0 Å². The molecule has 0 atom stereocenters. The van der Waals surface area contributed by atoms with Crippen LogP contribution in [0.4, 0.5) is 5.82 Å². The van der Waals surface area contributed by atoms with Crippen LogP contribution >= 0.6 is 0 Å². The molecular formula is C14H17N3O. The van der Waals surface area contributed by atoms with Crippen molar-refractivity contribution < 1.29 is 4.74 Å². The van der Waals surface area contributed by atoms with Gasteiger partial charge in [0.2, 0.25) is 0 Å². The smallest absolute Gasteiger partial charge is 0.129 e. The van der Waals surface area contributed by atoms with E-state index in [0.29, 0.717) is 6.54 Å². The van der Waals surface area contributed by atoms with E-state index in [1.54, 1.807) is 13.4 Å². The number of para-hydroxylation sites is 1. The molecule has 4 nitrogen and oxygen atoms in total. The van der Waals surface area contributed by atoms with Crippen molar-refractivity contribution in [3.8, 4) is 5.75 Å². The molecule has 0 spiro atoms. The average molecular weight is 243 g/mol. The lowest BCUT2D eigenvalue weighted by molar-refractivity contribution is 0.410. The maximum atomic E-state index is 5.31. The van der Waals surface area contributed by atoms with Crippen LogP contribution < -0.4 is 10.1 Å². The van der Waals surface area contributed by atoms with Crippen molar-refractivity contribution in [1.29, 1.82) is 0 Å². The number of rotatable bonds is 5. The molecule has 0 saturated heterocycles. The van der Waals surface area contributed by atoms with Crippen LogP contribution in [0.15, 0.2) is 36.7 Å². The summed E-state index contributed by atoms with van der Waals surface area (Å²) in [5, 5.41) is 3.28. The van der Waals surface area contributed by atoms with Crippen molar-refractivity contribution in [2.75, 3.05) is 12.4 Å². The van der Waals surface area contributed by atoms with E-state index in [-0.39, 0.29) is 0 Å². The van der Waals surface area contributed by atoms with Gasteiger partial charge in [-0.15, -0.1) is 0 Å². The van der Waals surface area contributed by atoms with Crippen LogP contribution in [0.5, 0.6) is 5.75 Å². The number of ether oxygens (including phenoxy) is 1. The lowest BCUT2D eigenvalue weighted by atomic mass is 10.2. The zero-order valence-corrected chi connectivity index (χ0v) is 10.7. The number of benzene rings is 1. The molecule has 0 aliphatic rings. The Kier molecular flexibility index (Phi) is 4.12. The third-order valence-electron chi connectivity index (χ3n) is 2.74. The van der Waals surface area contributed by atoms with Crippen LogP contribution in [-0.4, -0.2) is 17.1 Å². The molecule has 2 aromatic rings. The molecule has 0 fully saturated rings. The van der Waals surface area contributed by atoms with Gasteiger partial charge in [-0.2, -0.15) is 0 Å². The van der Waals surface area contributed by atoms with Crippen molar-refractivity contribution in [3.05, 3.63) is 47.9 Å². The first kappa shape index (κ1) is 12.4. The van der Waals surface area contributed by atoms with Crippen molar-refractivity contribution in [2.45, 2.75) is 19.9 Å². The second-order valence-corrected chi connectivity index (χ2v) is 3.91. The van der Waals surface area contributed by atoms with E-state index in [4.69, 9.17) is 4.74 Å². The molecule has 0 saturated carbocycles. The highest BCUT2D eigenvalue weighted by atomic mass is 16.5. The highest BCUT2D eigenvalue weighted by Gasteiger charge is 2.02. The number of aryl methyl sites for hydroxylation is 1. The molecule has 4 heteroatoms. The van der Waals surface area contributed by atoms with Crippen molar-refractivity contribution >= 4 is 5.82 Å². The molecular weight excluding hydrogens is 226 g/mol. The van der Waals surface area contributed by atoms with Gasteiger partial charge in [0.05, 0.1) is 7.11 Å². The number of anilines is 1. The molecule has 0 amide bonds. The summed E-state index contributed by atoms with van der Waals surface area (Å²) in [6.45, 7) is 2.76. The van der Waals surface area contributed by atoms with E-state index in [9.17, 15) is 0 Å². The van der Waals surface area contributed by atoms with Gasteiger partial charge in [0.25, 0.3) is 0 Å². The summed E-state index contributed by atoms with van der Waals surface area (Å²) in [7, 11) is 1.68. The fourth-order valence-electron chi connectivity index (χ4n) is 1.72. The maximum absolute atomic E-state index is 5.31. The summed E-state index contributed by atoms with van der Waals surface area (Å²) in [4.78, 5) is 8.37. The second kappa shape index (κ2) is 6.00. The summed E-state index contributed by atoms with van der Waals surface area (Å²) in [5.74, 6) is 1.72. The molecule has 0 bridgehead atoms. The lowest BCUT2D eigenvalue weighted by Gasteiger charge is -2.10. The molecule has 1 heterocycles. The van der Waals surface area contributed by atoms with Crippen molar-refractivity contribution in [1.82, 2.24) is 9.97 Å². The van der Waals surface area contributed by atoms with E-state index < -0.39 is 0 Å². The van der Waals surface area contributed by atoms with Gasteiger partial charge >= 0.3 is 0 Å². The molecule has 0 radical (unpaired) electrons. The summed E-state index contributed by atoms with van der Waals surface area (Å²) in [6.07, 6.45) is 2.50. The molecule has 1 aromatic carbocycles. The molecule has 2 rings (SSSR count). The van der Waals surface area contributed by atoms with Gasteiger partial charge in [-0.3, -0.25) is 0 Å². The standard InChI is InChI=1S/C14H17N3O/c1-3-12-8-14(17-10-16-12)15-9-11-6-4-5-7-13(11)18-2/h4-8,10H,3,9H2,1-2H3,(H,15,16,17). The molecule has 18 heavy (non-hydrogen) atoms. The predicted molar refractivity (Wildman–Crippen MR) is 71.7 cm³/mol. The first-order chi connectivity index (χ1) is 8.83. The normalized spacial score (nSPS) is 10.1. The fraction of sp³-hybridized carbons (Fsp3) is 0.286. The number of hydrogen-bond acceptors (Lipinski definition) is 4. The van der Waals surface area contributed by atoms with Gasteiger partial charge in [-0.1, -0.05) is 25.1 Å². The zero-order chi connectivity index (χ0) is 12.8. The third-order valence-corrected chi connectivity index (χ3v) is 2.74. The summed E-state index contributed by atoms with van der Waals surface area (Å²) >= 11 is 0. The van der Waals surface area contributed by atoms with Gasteiger partial charge in [-0.05, 0) is 12.5 Å². The van der Waals surface area contributed by atoms with Crippen LogP contribution in [0.25, 0.3) is 0 Å². The van der Waals surface area contributed by atoms with E-state index in [2.05, 4.69) is 22.2 Å². The van der Waals surface area contributed by atoms with Crippen LogP contribution in [-0.2, 0) is 13.0 Å². The molecule has 0 unspecified atom stereocenters. The Morgan fingerprint density at radius 3 is 2.83 bits per heavy atom. The Morgan fingerprint density at radius 1 is 1.22 bits per heavy atom. The first-order valence-corrected chi connectivity index (χ1v) is 6.00. The average Bonchev–Trinajstić information content (AvgIpc) is 2.45. The lowest BCUT2D eigenvalue weighted by Crippen LogP contribution is -2.04. The number of hydrogen-bond donors (Lipinski definition) is 1. The van der Waals surface area contributed by atoms with Gasteiger partial charge in [-0.25, -0.2) is 9.97 Å². The minimum atomic E-state index is 0.685. The molecule has 94 valence electrons. The Morgan fingerprint density at radius 2 is 2.06 bits per heavy atom. The minimum absolute atomic E-state index is 0.685. The van der Waals surface area contributed by atoms with Crippen LogP contribution in [0.1, 0.15) is 18.2 Å². The number of nitrogens with zero attached hydrogens (tertiary/aromatic N) is 2. The maximum Gasteiger partial charge on any atom is 0.129 e. The summed E-state index contributed by atoms with van der Waals surface area (Å²) in [6, 6.07) is 9.91. The Hall–Kier alpha value is -2.10. The monoisotopic (exact) mass is 243 g/mol. The minimum Gasteiger partial charge on any atom is -0.496 e. The third kappa shape index (κ3) is 2.97. The SMILES string of the molecule is CCc1cc(NCc2ccccc2OC)ncn1. The molecule has 0 aliphatic heterocycles. The Balaban J connectivity index is 2.06. The zero-order valence-electron chi connectivity index (χ0n) is 10.7. The van der Waals surface area contributed by atoms with E-state index >= 15 is 0 Å².